The van der Waals surface area contributed by atoms with Crippen molar-refractivity contribution in [3.63, 3.8) is 0 Å². The molecule has 6 heteroatoms. The van der Waals surface area contributed by atoms with E-state index in [0.29, 0.717) is 12.6 Å². The van der Waals surface area contributed by atoms with Crippen LogP contribution in [0.5, 0.6) is 5.75 Å². The van der Waals surface area contributed by atoms with E-state index in [1.54, 1.807) is 6.20 Å². The van der Waals surface area contributed by atoms with Gasteiger partial charge in [0.2, 0.25) is 5.95 Å². The van der Waals surface area contributed by atoms with E-state index >= 15 is 0 Å². The summed E-state index contributed by atoms with van der Waals surface area (Å²) in [5.74, 6) is 2.17. The molecule has 1 aromatic heterocycles. The number of ether oxygens (including phenoxy) is 1. The zero-order valence-electron chi connectivity index (χ0n) is 14.6. The van der Waals surface area contributed by atoms with Gasteiger partial charge in [-0.3, -0.25) is 0 Å². The van der Waals surface area contributed by atoms with E-state index in [0.717, 1.165) is 35.2 Å². The first-order valence-electron chi connectivity index (χ1n) is 8.54. The second-order valence-corrected chi connectivity index (χ2v) is 6.09. The summed E-state index contributed by atoms with van der Waals surface area (Å²) < 4.78 is 5.45. The Hall–Kier alpha value is -2.79. The molecule has 0 atom stereocenters. The van der Waals surface area contributed by atoms with E-state index in [4.69, 9.17) is 16.3 Å². The van der Waals surface area contributed by atoms with Gasteiger partial charge in [0.1, 0.15) is 11.6 Å². The van der Waals surface area contributed by atoms with Crippen molar-refractivity contribution in [3.05, 3.63) is 71.4 Å². The maximum absolute atomic E-state index is 6.00. The van der Waals surface area contributed by atoms with Gasteiger partial charge in [-0.2, -0.15) is 4.98 Å². The largest absolute Gasteiger partial charge is 0.494 e. The summed E-state index contributed by atoms with van der Waals surface area (Å²) in [6.07, 6.45) is 2.58. The molecule has 134 valence electrons. The monoisotopic (exact) mass is 368 g/mol. The number of halogens is 1. The molecule has 0 aliphatic heterocycles. The molecule has 0 unspecified atom stereocenters. The van der Waals surface area contributed by atoms with Crippen LogP contribution in [-0.4, -0.2) is 23.1 Å². The number of aromatic nitrogens is 2. The van der Waals surface area contributed by atoms with E-state index in [1.807, 2.05) is 55.5 Å². The van der Waals surface area contributed by atoms with Gasteiger partial charge in [0.25, 0.3) is 0 Å². The number of hydrogen-bond donors (Lipinski definition) is 2. The van der Waals surface area contributed by atoms with Crippen molar-refractivity contribution in [2.75, 3.05) is 23.8 Å². The molecular formula is C20H21ClN4O. The molecule has 0 aliphatic rings. The smallest absolute Gasteiger partial charge is 0.224 e. The van der Waals surface area contributed by atoms with Gasteiger partial charge in [0.05, 0.1) is 6.61 Å². The fourth-order valence-corrected chi connectivity index (χ4v) is 2.69. The van der Waals surface area contributed by atoms with Gasteiger partial charge >= 0.3 is 0 Å². The van der Waals surface area contributed by atoms with Gasteiger partial charge in [-0.25, -0.2) is 4.98 Å². The minimum Gasteiger partial charge on any atom is -0.494 e. The maximum Gasteiger partial charge on any atom is 0.224 e. The Labute approximate surface area is 158 Å². The molecule has 5 nitrogen and oxygen atoms in total. The standard InChI is InChI=1S/C20H21ClN4O/c1-2-26-18-8-6-17(7-9-18)24-19-11-13-23-20(25-19)22-12-10-15-4-3-5-16(21)14-15/h3-9,11,13-14H,2,10,12H2,1H3,(H2,22,23,24,25). The van der Waals surface area contributed by atoms with Crippen LogP contribution in [0.1, 0.15) is 12.5 Å². The minimum atomic E-state index is 0.586. The average molecular weight is 369 g/mol. The second kappa shape index (κ2) is 9.06. The lowest BCUT2D eigenvalue weighted by molar-refractivity contribution is 0.340. The lowest BCUT2D eigenvalue weighted by Crippen LogP contribution is -2.08. The van der Waals surface area contributed by atoms with Gasteiger partial charge in [-0.15, -0.1) is 0 Å². The minimum absolute atomic E-state index is 0.586. The summed E-state index contributed by atoms with van der Waals surface area (Å²) in [7, 11) is 0. The van der Waals surface area contributed by atoms with E-state index < -0.39 is 0 Å². The highest BCUT2D eigenvalue weighted by molar-refractivity contribution is 6.30. The van der Waals surface area contributed by atoms with Crippen molar-refractivity contribution in [2.24, 2.45) is 0 Å². The third-order valence-corrected chi connectivity index (χ3v) is 3.91. The molecule has 2 N–H and O–H groups in total. The highest BCUT2D eigenvalue weighted by Gasteiger charge is 2.01. The van der Waals surface area contributed by atoms with Crippen molar-refractivity contribution >= 4 is 29.1 Å². The fraction of sp³-hybridized carbons (Fsp3) is 0.200. The number of nitrogens with one attached hydrogen (secondary N) is 2. The third-order valence-electron chi connectivity index (χ3n) is 3.68. The molecule has 0 spiro atoms. The van der Waals surface area contributed by atoms with Gasteiger partial charge in [-0.1, -0.05) is 23.7 Å². The molecule has 0 radical (unpaired) electrons. The average Bonchev–Trinajstić information content (AvgIpc) is 2.64. The highest BCUT2D eigenvalue weighted by Crippen LogP contribution is 2.19. The molecule has 0 saturated carbocycles. The topological polar surface area (TPSA) is 59.1 Å². The third kappa shape index (κ3) is 5.36. The summed E-state index contributed by atoms with van der Waals surface area (Å²) in [5, 5.41) is 7.25. The van der Waals surface area contributed by atoms with Crippen LogP contribution < -0.4 is 15.4 Å². The molecule has 0 fully saturated rings. The Bertz CT molecular complexity index is 839. The van der Waals surface area contributed by atoms with Gasteiger partial charge in [0, 0.05) is 23.5 Å². The van der Waals surface area contributed by atoms with Gasteiger partial charge < -0.3 is 15.4 Å². The lowest BCUT2D eigenvalue weighted by atomic mass is 10.1. The molecule has 3 aromatic rings. The van der Waals surface area contributed by atoms with Crippen molar-refractivity contribution in [1.29, 1.82) is 0 Å². The Morgan fingerprint density at radius 3 is 2.69 bits per heavy atom. The quantitative estimate of drug-likeness (QED) is 0.590. The van der Waals surface area contributed by atoms with E-state index in [-0.39, 0.29) is 0 Å². The van der Waals surface area contributed by atoms with Crippen LogP contribution in [0.25, 0.3) is 0 Å². The number of benzene rings is 2. The molecule has 3 rings (SSSR count). The Kier molecular flexibility index (Phi) is 6.28. The predicted molar refractivity (Wildman–Crippen MR) is 107 cm³/mol. The van der Waals surface area contributed by atoms with Crippen LogP contribution in [0.15, 0.2) is 60.8 Å². The molecule has 0 aliphatic carbocycles. The second-order valence-electron chi connectivity index (χ2n) is 5.65. The number of hydrogen-bond acceptors (Lipinski definition) is 5. The van der Waals surface area contributed by atoms with E-state index in [2.05, 4.69) is 26.7 Å². The van der Waals surface area contributed by atoms with Crippen LogP contribution in [0.3, 0.4) is 0 Å². The van der Waals surface area contributed by atoms with Crippen molar-refractivity contribution in [3.8, 4) is 5.75 Å². The maximum atomic E-state index is 6.00. The van der Waals surface area contributed by atoms with Crippen molar-refractivity contribution < 1.29 is 4.74 Å². The first kappa shape index (κ1) is 18.0. The summed E-state index contributed by atoms with van der Waals surface area (Å²) in [6, 6.07) is 17.4. The van der Waals surface area contributed by atoms with Crippen LogP contribution in [0.2, 0.25) is 5.02 Å². The zero-order valence-corrected chi connectivity index (χ0v) is 15.3. The van der Waals surface area contributed by atoms with E-state index in [9.17, 15) is 0 Å². The molecule has 0 amide bonds. The van der Waals surface area contributed by atoms with Crippen LogP contribution in [0.4, 0.5) is 17.5 Å². The van der Waals surface area contributed by atoms with Crippen LogP contribution in [-0.2, 0) is 6.42 Å². The highest BCUT2D eigenvalue weighted by atomic mass is 35.5. The van der Waals surface area contributed by atoms with Crippen LogP contribution >= 0.6 is 11.6 Å². The molecule has 0 saturated heterocycles. The Morgan fingerprint density at radius 1 is 1.08 bits per heavy atom. The van der Waals surface area contributed by atoms with Crippen molar-refractivity contribution in [1.82, 2.24) is 9.97 Å². The Balaban J connectivity index is 1.55. The molecule has 26 heavy (non-hydrogen) atoms. The number of anilines is 3. The fourth-order valence-electron chi connectivity index (χ4n) is 2.47. The Morgan fingerprint density at radius 2 is 1.92 bits per heavy atom. The number of rotatable bonds is 8. The van der Waals surface area contributed by atoms with Crippen molar-refractivity contribution in [2.45, 2.75) is 13.3 Å². The lowest BCUT2D eigenvalue weighted by Gasteiger charge is -2.09. The SMILES string of the molecule is CCOc1ccc(Nc2ccnc(NCCc3cccc(Cl)c3)n2)cc1. The zero-order chi connectivity index (χ0) is 18.2. The van der Waals surface area contributed by atoms with Gasteiger partial charge in [-0.05, 0) is 61.4 Å². The number of nitrogens with zero attached hydrogens (tertiary/aromatic N) is 2. The molecular weight excluding hydrogens is 348 g/mol. The molecule has 1 heterocycles. The van der Waals surface area contributed by atoms with Crippen LogP contribution in [0, 0.1) is 0 Å². The summed E-state index contributed by atoms with van der Waals surface area (Å²) in [4.78, 5) is 8.74. The first-order valence-corrected chi connectivity index (χ1v) is 8.92. The normalized spacial score (nSPS) is 10.4. The predicted octanol–water partition coefficient (Wildman–Crippen LogP) is 4.93. The summed E-state index contributed by atoms with van der Waals surface area (Å²) in [6.45, 7) is 3.35. The summed E-state index contributed by atoms with van der Waals surface area (Å²) in [5.41, 5.74) is 2.12. The summed E-state index contributed by atoms with van der Waals surface area (Å²) >= 11 is 6.00. The van der Waals surface area contributed by atoms with Gasteiger partial charge in [0.15, 0.2) is 0 Å². The van der Waals surface area contributed by atoms with E-state index in [1.165, 1.54) is 5.56 Å². The first-order chi connectivity index (χ1) is 12.7. The molecule has 0 bridgehead atoms. The molecule has 2 aromatic carbocycles.